The largest absolute Gasteiger partial charge is 0.481 e. The minimum Gasteiger partial charge on any atom is -0.481 e. The fraction of sp³-hybridized carbons (Fsp3) is 0.778. The van der Waals surface area contributed by atoms with Gasteiger partial charge in [0, 0.05) is 11.8 Å². The molecule has 1 saturated heterocycles. The molecule has 1 aliphatic carbocycles. The number of amides is 1. The lowest BCUT2D eigenvalue weighted by Gasteiger charge is -2.10. The van der Waals surface area contributed by atoms with Crippen molar-refractivity contribution in [1.82, 2.24) is 5.32 Å². The van der Waals surface area contributed by atoms with Crippen molar-refractivity contribution in [3.05, 3.63) is 0 Å². The Hall–Kier alpha value is -0.710. The van der Waals surface area contributed by atoms with Crippen molar-refractivity contribution in [2.75, 3.05) is 11.5 Å². The van der Waals surface area contributed by atoms with Gasteiger partial charge in [-0.2, -0.15) is 11.8 Å². The molecule has 78 valence electrons. The van der Waals surface area contributed by atoms with E-state index in [-0.39, 0.29) is 17.9 Å². The summed E-state index contributed by atoms with van der Waals surface area (Å²) < 4.78 is 0. The lowest BCUT2D eigenvalue weighted by molar-refractivity contribution is -0.140. The summed E-state index contributed by atoms with van der Waals surface area (Å²) in [6.45, 7) is 0. The summed E-state index contributed by atoms with van der Waals surface area (Å²) in [6, 6.07) is 0.266. The Morgan fingerprint density at radius 2 is 2.14 bits per heavy atom. The maximum absolute atomic E-state index is 11.5. The maximum Gasteiger partial charge on any atom is 0.307 e. The quantitative estimate of drug-likeness (QED) is 0.712. The topological polar surface area (TPSA) is 66.4 Å². The molecule has 3 atom stereocenters. The number of thioether (sulfide) groups is 1. The van der Waals surface area contributed by atoms with Crippen LogP contribution in [0.2, 0.25) is 0 Å². The number of carbonyl (C=O) groups excluding carboxylic acids is 1. The molecular weight excluding hydrogens is 202 g/mol. The van der Waals surface area contributed by atoms with E-state index in [1.54, 1.807) is 0 Å². The highest BCUT2D eigenvalue weighted by Crippen LogP contribution is 2.39. The van der Waals surface area contributed by atoms with Crippen LogP contribution in [0.3, 0.4) is 0 Å². The molecule has 0 aromatic heterocycles. The van der Waals surface area contributed by atoms with E-state index in [2.05, 4.69) is 5.32 Å². The van der Waals surface area contributed by atoms with Gasteiger partial charge in [-0.25, -0.2) is 0 Å². The normalized spacial score (nSPS) is 35.3. The summed E-state index contributed by atoms with van der Waals surface area (Å²) in [5.41, 5.74) is 0. The van der Waals surface area contributed by atoms with Gasteiger partial charge in [0.05, 0.1) is 11.8 Å². The summed E-state index contributed by atoms with van der Waals surface area (Å²) in [5, 5.41) is 11.6. The van der Waals surface area contributed by atoms with Crippen molar-refractivity contribution >= 4 is 23.6 Å². The second-order valence-electron chi connectivity index (χ2n) is 3.86. The number of carbonyl (C=O) groups is 2. The monoisotopic (exact) mass is 215 g/mol. The number of hydrogen-bond donors (Lipinski definition) is 2. The summed E-state index contributed by atoms with van der Waals surface area (Å²) >= 11 is 1.83. The van der Waals surface area contributed by atoms with Crippen LogP contribution in [-0.4, -0.2) is 34.5 Å². The molecule has 2 N–H and O–H groups in total. The van der Waals surface area contributed by atoms with Crippen molar-refractivity contribution in [1.29, 1.82) is 0 Å². The van der Waals surface area contributed by atoms with E-state index in [0.29, 0.717) is 6.42 Å². The molecule has 0 bridgehead atoms. The van der Waals surface area contributed by atoms with Crippen LogP contribution in [0.5, 0.6) is 0 Å². The van der Waals surface area contributed by atoms with Crippen molar-refractivity contribution in [3.63, 3.8) is 0 Å². The van der Waals surface area contributed by atoms with E-state index in [1.807, 2.05) is 11.8 Å². The van der Waals surface area contributed by atoms with E-state index >= 15 is 0 Å². The third-order valence-electron chi connectivity index (χ3n) is 2.72. The molecule has 2 rings (SSSR count). The number of nitrogens with one attached hydrogen (secondary N) is 1. The van der Waals surface area contributed by atoms with Crippen LogP contribution in [0, 0.1) is 11.8 Å². The fourth-order valence-electron chi connectivity index (χ4n) is 1.71. The van der Waals surface area contributed by atoms with E-state index in [1.165, 1.54) is 0 Å². The first-order valence-electron chi connectivity index (χ1n) is 4.79. The second kappa shape index (κ2) is 3.81. The molecule has 5 heteroatoms. The molecule has 4 nitrogen and oxygen atoms in total. The number of aliphatic carboxylic acids is 1. The van der Waals surface area contributed by atoms with Gasteiger partial charge in [0.1, 0.15) is 0 Å². The Morgan fingerprint density at radius 3 is 2.64 bits per heavy atom. The molecule has 2 fully saturated rings. The zero-order valence-electron chi connectivity index (χ0n) is 7.73. The number of carboxylic acid groups (broad SMARTS) is 1. The van der Waals surface area contributed by atoms with Gasteiger partial charge in [0.25, 0.3) is 0 Å². The van der Waals surface area contributed by atoms with Gasteiger partial charge in [-0.3, -0.25) is 9.59 Å². The van der Waals surface area contributed by atoms with E-state index < -0.39 is 11.9 Å². The van der Waals surface area contributed by atoms with Crippen LogP contribution >= 0.6 is 11.8 Å². The maximum atomic E-state index is 11.5. The first kappa shape index (κ1) is 9.83. The fourth-order valence-corrected chi connectivity index (χ4v) is 2.87. The molecule has 0 aromatic carbocycles. The molecule has 0 aromatic rings. The van der Waals surface area contributed by atoms with E-state index in [9.17, 15) is 9.59 Å². The average Bonchev–Trinajstić information content (AvgIpc) is 2.80. The van der Waals surface area contributed by atoms with Gasteiger partial charge in [0.15, 0.2) is 0 Å². The molecule has 1 saturated carbocycles. The van der Waals surface area contributed by atoms with Crippen molar-refractivity contribution in [3.8, 4) is 0 Å². The zero-order chi connectivity index (χ0) is 10.1. The van der Waals surface area contributed by atoms with Crippen molar-refractivity contribution < 1.29 is 14.7 Å². The van der Waals surface area contributed by atoms with E-state index in [4.69, 9.17) is 5.11 Å². The summed E-state index contributed by atoms with van der Waals surface area (Å²) in [6.07, 6.45) is 1.53. The van der Waals surface area contributed by atoms with Crippen LogP contribution in [0.15, 0.2) is 0 Å². The van der Waals surface area contributed by atoms with Crippen LogP contribution in [0.25, 0.3) is 0 Å². The van der Waals surface area contributed by atoms with Crippen molar-refractivity contribution in [2.24, 2.45) is 11.8 Å². The minimum atomic E-state index is -0.842. The van der Waals surface area contributed by atoms with Crippen LogP contribution in [0.1, 0.15) is 12.8 Å². The predicted molar refractivity (Wildman–Crippen MR) is 53.1 cm³/mol. The molecular formula is C9H13NO3S. The number of carboxylic acids is 1. The van der Waals surface area contributed by atoms with Crippen LogP contribution in [0.4, 0.5) is 0 Å². The SMILES string of the molecule is O=C(NC1CCSC1)[C@H]1C[C@H]1C(=O)O. The minimum absolute atomic E-state index is 0.0649. The Morgan fingerprint density at radius 1 is 1.36 bits per heavy atom. The summed E-state index contributed by atoms with van der Waals surface area (Å²) in [5.74, 6) is 0.465. The van der Waals surface area contributed by atoms with Gasteiger partial charge < -0.3 is 10.4 Å². The molecule has 1 unspecified atom stereocenters. The smallest absolute Gasteiger partial charge is 0.307 e. The Balaban J connectivity index is 1.77. The van der Waals surface area contributed by atoms with Gasteiger partial charge in [-0.15, -0.1) is 0 Å². The molecule has 2 aliphatic rings. The molecule has 1 aliphatic heterocycles. The lowest BCUT2D eigenvalue weighted by Crippen LogP contribution is -2.36. The average molecular weight is 215 g/mol. The Kier molecular flexibility index (Phi) is 2.67. The second-order valence-corrected chi connectivity index (χ2v) is 5.01. The number of hydrogen-bond acceptors (Lipinski definition) is 3. The molecule has 1 amide bonds. The van der Waals surface area contributed by atoms with Crippen molar-refractivity contribution in [2.45, 2.75) is 18.9 Å². The molecule has 0 radical (unpaired) electrons. The number of rotatable bonds is 3. The zero-order valence-corrected chi connectivity index (χ0v) is 8.55. The highest BCUT2D eigenvalue weighted by atomic mass is 32.2. The van der Waals surface area contributed by atoms with Gasteiger partial charge in [0.2, 0.25) is 5.91 Å². The summed E-state index contributed by atoms with van der Waals surface area (Å²) in [7, 11) is 0. The lowest BCUT2D eigenvalue weighted by atomic mass is 10.2. The third kappa shape index (κ3) is 2.03. The van der Waals surface area contributed by atoms with Crippen LogP contribution in [-0.2, 0) is 9.59 Å². The first-order chi connectivity index (χ1) is 6.68. The molecule has 14 heavy (non-hydrogen) atoms. The Labute approximate surface area is 86.4 Å². The first-order valence-corrected chi connectivity index (χ1v) is 5.95. The van der Waals surface area contributed by atoms with E-state index in [0.717, 1.165) is 17.9 Å². The molecule has 0 spiro atoms. The van der Waals surface area contributed by atoms with Gasteiger partial charge in [-0.1, -0.05) is 0 Å². The third-order valence-corrected chi connectivity index (χ3v) is 3.88. The highest BCUT2D eigenvalue weighted by molar-refractivity contribution is 7.99. The molecule has 1 heterocycles. The highest BCUT2D eigenvalue weighted by Gasteiger charge is 2.48. The van der Waals surface area contributed by atoms with Gasteiger partial charge >= 0.3 is 5.97 Å². The summed E-state index contributed by atoms with van der Waals surface area (Å²) in [4.78, 5) is 22.0. The van der Waals surface area contributed by atoms with Gasteiger partial charge in [-0.05, 0) is 18.6 Å². The predicted octanol–water partition coefficient (Wildman–Crippen LogP) is 0.329. The standard InChI is InChI=1S/C9H13NO3S/c11-8(6-3-7(6)9(12)13)10-5-1-2-14-4-5/h5-7H,1-4H2,(H,10,11)(H,12,13)/t5?,6-,7+/m0/s1. The Bertz CT molecular complexity index is 263. The van der Waals surface area contributed by atoms with Crippen LogP contribution < -0.4 is 5.32 Å².